The molecule has 1 fully saturated rings. The Bertz CT molecular complexity index is 897. The van der Waals surface area contributed by atoms with Crippen molar-refractivity contribution < 1.29 is 19.1 Å². The summed E-state index contributed by atoms with van der Waals surface area (Å²) in [5.41, 5.74) is 2.52. The molecule has 1 aliphatic carbocycles. The number of carbonyl (C=O) groups excluding carboxylic acids is 2. The minimum absolute atomic E-state index is 0.00235. The van der Waals surface area contributed by atoms with Crippen LogP contribution in [-0.2, 0) is 20.7 Å². The van der Waals surface area contributed by atoms with Crippen molar-refractivity contribution in [2.75, 3.05) is 20.3 Å². The minimum atomic E-state index is -0.651. The molecule has 1 aromatic carbocycles. The van der Waals surface area contributed by atoms with Crippen LogP contribution in [0.5, 0.6) is 5.75 Å². The Morgan fingerprint density at radius 2 is 2.11 bits per heavy atom. The number of nitrogens with one attached hydrogen (secondary N) is 1. The van der Waals surface area contributed by atoms with Gasteiger partial charge in [-0.2, -0.15) is 0 Å². The Morgan fingerprint density at radius 3 is 2.70 bits per heavy atom. The van der Waals surface area contributed by atoms with Gasteiger partial charge in [-0.25, -0.2) is 0 Å². The van der Waals surface area contributed by atoms with Gasteiger partial charge in [0.15, 0.2) is 0 Å². The first kappa shape index (κ1) is 17.9. The maximum absolute atomic E-state index is 12.9. The molecule has 4 rings (SSSR count). The van der Waals surface area contributed by atoms with Crippen molar-refractivity contribution in [1.29, 1.82) is 0 Å². The third-order valence-corrected chi connectivity index (χ3v) is 6.19. The molecule has 6 heteroatoms. The lowest BCUT2D eigenvalue weighted by Crippen LogP contribution is -2.54. The number of hydrogen-bond donors (Lipinski definition) is 1. The molecule has 1 unspecified atom stereocenters. The molecule has 1 aliphatic heterocycles. The van der Waals surface area contributed by atoms with Gasteiger partial charge >= 0.3 is 5.97 Å². The van der Waals surface area contributed by atoms with Crippen LogP contribution in [0.15, 0.2) is 18.2 Å². The molecule has 0 spiro atoms. The maximum Gasteiger partial charge on any atom is 0.314 e. The molecule has 1 aromatic heterocycles. The van der Waals surface area contributed by atoms with Crippen LogP contribution in [0.2, 0.25) is 0 Å². The summed E-state index contributed by atoms with van der Waals surface area (Å²) in [6.07, 6.45) is 3.23. The summed E-state index contributed by atoms with van der Waals surface area (Å²) in [4.78, 5) is 30.8. The van der Waals surface area contributed by atoms with Crippen molar-refractivity contribution >= 4 is 22.8 Å². The molecule has 0 radical (unpaired) electrons. The molecule has 27 heavy (non-hydrogen) atoms. The number of H-pyrrole nitrogens is 1. The normalized spacial score (nSPS) is 20.7. The first-order chi connectivity index (χ1) is 13.0. The molecule has 0 bridgehead atoms. The smallest absolute Gasteiger partial charge is 0.314 e. The lowest BCUT2D eigenvalue weighted by molar-refractivity contribution is -0.171. The van der Waals surface area contributed by atoms with E-state index in [0.717, 1.165) is 48.0 Å². The molecular formula is C21H26N2O4. The van der Waals surface area contributed by atoms with E-state index in [-0.39, 0.29) is 17.9 Å². The quantitative estimate of drug-likeness (QED) is 0.838. The number of methoxy groups -OCH3 is 1. The van der Waals surface area contributed by atoms with Crippen LogP contribution in [0.3, 0.4) is 0 Å². The Balaban J connectivity index is 1.88. The average molecular weight is 370 g/mol. The van der Waals surface area contributed by atoms with E-state index < -0.39 is 5.41 Å². The lowest BCUT2D eigenvalue weighted by atomic mass is 9.61. The predicted molar refractivity (Wildman–Crippen MR) is 102 cm³/mol. The number of ether oxygens (including phenoxy) is 2. The largest absolute Gasteiger partial charge is 0.497 e. The fourth-order valence-corrected chi connectivity index (χ4v) is 4.73. The number of aromatic amines is 1. The molecule has 2 aromatic rings. The van der Waals surface area contributed by atoms with Crippen LogP contribution < -0.4 is 4.74 Å². The van der Waals surface area contributed by atoms with E-state index in [4.69, 9.17) is 9.47 Å². The van der Waals surface area contributed by atoms with E-state index in [1.165, 1.54) is 5.56 Å². The highest BCUT2D eigenvalue weighted by Crippen LogP contribution is 2.56. The number of fused-ring (bicyclic) bond motifs is 3. The highest BCUT2D eigenvalue weighted by Gasteiger charge is 2.56. The zero-order valence-electron chi connectivity index (χ0n) is 16.1. The maximum atomic E-state index is 12.9. The standard InChI is InChI=1S/C21H26N2O4/c1-4-27-20(25)21(9-5-10-21)19-18-15(8-11-23(19)13(2)24)16-12-14(26-3)6-7-17(16)22-18/h6-7,12,19,22H,4-5,8-11H2,1-3H3. The van der Waals surface area contributed by atoms with Gasteiger partial charge in [0.2, 0.25) is 5.91 Å². The van der Waals surface area contributed by atoms with E-state index in [0.29, 0.717) is 13.2 Å². The Labute approximate surface area is 158 Å². The van der Waals surface area contributed by atoms with Crippen LogP contribution in [0.4, 0.5) is 0 Å². The molecular weight excluding hydrogens is 344 g/mol. The van der Waals surface area contributed by atoms with Crippen LogP contribution in [0.1, 0.15) is 50.4 Å². The minimum Gasteiger partial charge on any atom is -0.497 e. The van der Waals surface area contributed by atoms with Gasteiger partial charge in [0, 0.05) is 30.1 Å². The summed E-state index contributed by atoms with van der Waals surface area (Å²) < 4.78 is 10.8. The third kappa shape index (κ3) is 2.61. The molecule has 1 N–H and O–H groups in total. The summed E-state index contributed by atoms with van der Waals surface area (Å²) >= 11 is 0. The van der Waals surface area contributed by atoms with Gasteiger partial charge in [0.25, 0.3) is 0 Å². The van der Waals surface area contributed by atoms with E-state index in [1.54, 1.807) is 14.0 Å². The number of nitrogens with zero attached hydrogens (tertiary/aromatic N) is 1. The van der Waals surface area contributed by atoms with Crippen molar-refractivity contribution in [3.05, 3.63) is 29.5 Å². The van der Waals surface area contributed by atoms with Gasteiger partial charge in [-0.1, -0.05) is 6.42 Å². The number of carbonyl (C=O) groups is 2. The number of amides is 1. The van der Waals surface area contributed by atoms with Gasteiger partial charge < -0.3 is 19.4 Å². The molecule has 144 valence electrons. The first-order valence-corrected chi connectivity index (χ1v) is 9.64. The van der Waals surface area contributed by atoms with E-state index in [9.17, 15) is 9.59 Å². The van der Waals surface area contributed by atoms with Crippen molar-refractivity contribution in [3.8, 4) is 5.75 Å². The number of hydrogen-bond acceptors (Lipinski definition) is 4. The fraction of sp³-hybridized carbons (Fsp3) is 0.524. The molecule has 1 saturated carbocycles. The summed E-state index contributed by atoms with van der Waals surface area (Å²) in [6.45, 7) is 4.37. The predicted octanol–water partition coefficient (Wildman–Crippen LogP) is 3.36. The van der Waals surface area contributed by atoms with Crippen LogP contribution in [0.25, 0.3) is 10.9 Å². The summed E-state index contributed by atoms with van der Waals surface area (Å²) in [7, 11) is 1.66. The second-order valence-electron chi connectivity index (χ2n) is 7.52. The highest BCUT2D eigenvalue weighted by molar-refractivity contribution is 5.89. The van der Waals surface area contributed by atoms with E-state index in [1.807, 2.05) is 30.0 Å². The number of benzene rings is 1. The topological polar surface area (TPSA) is 71.6 Å². The Morgan fingerprint density at radius 1 is 1.33 bits per heavy atom. The van der Waals surface area contributed by atoms with Crippen molar-refractivity contribution in [3.63, 3.8) is 0 Å². The average Bonchev–Trinajstić information content (AvgIpc) is 2.99. The Hall–Kier alpha value is -2.50. The van der Waals surface area contributed by atoms with Crippen molar-refractivity contribution in [1.82, 2.24) is 9.88 Å². The molecule has 1 atom stereocenters. The van der Waals surface area contributed by atoms with Gasteiger partial charge in [0.05, 0.1) is 25.2 Å². The zero-order valence-corrected chi connectivity index (χ0v) is 16.1. The van der Waals surface area contributed by atoms with E-state index >= 15 is 0 Å². The van der Waals surface area contributed by atoms with Crippen molar-refractivity contribution in [2.24, 2.45) is 5.41 Å². The molecule has 6 nitrogen and oxygen atoms in total. The summed E-state index contributed by atoms with van der Waals surface area (Å²) in [6, 6.07) is 5.65. The molecule has 2 aliphatic rings. The highest BCUT2D eigenvalue weighted by atomic mass is 16.5. The SMILES string of the molecule is CCOC(=O)C1(C2c3[nH]c4ccc(OC)cc4c3CCN2C(C)=O)CCC1. The van der Waals surface area contributed by atoms with Gasteiger partial charge in [0.1, 0.15) is 5.75 Å². The monoisotopic (exact) mass is 370 g/mol. The Kier molecular flexibility index (Phi) is 4.36. The van der Waals surface area contributed by atoms with Crippen molar-refractivity contribution in [2.45, 2.75) is 45.6 Å². The first-order valence-electron chi connectivity index (χ1n) is 9.64. The van der Waals surface area contributed by atoms with Gasteiger partial charge in [-0.3, -0.25) is 9.59 Å². The summed E-state index contributed by atoms with van der Waals surface area (Å²) in [5, 5.41) is 1.11. The second kappa shape index (κ2) is 6.59. The van der Waals surface area contributed by atoms with E-state index in [2.05, 4.69) is 4.98 Å². The fourth-order valence-electron chi connectivity index (χ4n) is 4.73. The van der Waals surface area contributed by atoms with Crippen LogP contribution in [-0.4, -0.2) is 42.0 Å². The lowest BCUT2D eigenvalue weighted by Gasteiger charge is -2.50. The molecule has 0 saturated heterocycles. The zero-order chi connectivity index (χ0) is 19.2. The van der Waals surface area contributed by atoms with Gasteiger partial charge in [-0.05, 0) is 49.9 Å². The van der Waals surface area contributed by atoms with Crippen LogP contribution >= 0.6 is 0 Å². The summed E-state index contributed by atoms with van der Waals surface area (Å²) in [5.74, 6) is 0.618. The van der Waals surface area contributed by atoms with Gasteiger partial charge in [-0.15, -0.1) is 0 Å². The number of aromatic nitrogens is 1. The van der Waals surface area contributed by atoms with Crippen LogP contribution in [0, 0.1) is 5.41 Å². The molecule has 1 amide bonds. The number of esters is 1. The number of rotatable bonds is 4. The molecule has 2 heterocycles. The third-order valence-electron chi connectivity index (χ3n) is 6.19. The second-order valence-corrected chi connectivity index (χ2v) is 7.52.